The lowest BCUT2D eigenvalue weighted by molar-refractivity contribution is 0.290. The van der Waals surface area contributed by atoms with Gasteiger partial charge in [-0.15, -0.1) is 10.2 Å². The number of para-hydroxylation sites is 1. The van der Waals surface area contributed by atoms with Crippen LogP contribution in [-0.4, -0.2) is 19.7 Å². The molecule has 23 heavy (non-hydrogen) atoms. The molecule has 0 spiro atoms. The van der Waals surface area contributed by atoms with Gasteiger partial charge in [-0.25, -0.2) is 0 Å². The van der Waals surface area contributed by atoms with Crippen LogP contribution in [0.1, 0.15) is 11.5 Å². The van der Waals surface area contributed by atoms with E-state index >= 15 is 0 Å². The van der Waals surface area contributed by atoms with Crippen molar-refractivity contribution in [2.75, 3.05) is 0 Å². The molecule has 0 aliphatic heterocycles. The highest BCUT2D eigenvalue weighted by Gasteiger charge is 2.11. The van der Waals surface area contributed by atoms with Gasteiger partial charge in [-0.1, -0.05) is 41.6 Å². The van der Waals surface area contributed by atoms with Crippen molar-refractivity contribution in [2.24, 2.45) is 7.05 Å². The number of thioether (sulfide) groups is 1. The minimum atomic E-state index is 0.317. The quantitative estimate of drug-likeness (QED) is 0.636. The van der Waals surface area contributed by atoms with Gasteiger partial charge in [0.15, 0.2) is 11.0 Å². The van der Waals surface area contributed by atoms with Crippen LogP contribution in [0.4, 0.5) is 0 Å². The van der Waals surface area contributed by atoms with Crippen LogP contribution in [0.5, 0.6) is 5.75 Å². The first-order valence-electron chi connectivity index (χ1n) is 7.02. The number of pyridine rings is 1. The summed E-state index contributed by atoms with van der Waals surface area (Å²) < 4.78 is 7.62. The fourth-order valence-electron chi connectivity index (χ4n) is 1.92. The lowest BCUT2D eigenvalue weighted by Gasteiger charge is -2.07. The van der Waals surface area contributed by atoms with Crippen LogP contribution >= 0.6 is 23.4 Å². The van der Waals surface area contributed by atoms with Crippen molar-refractivity contribution in [3.8, 4) is 5.75 Å². The summed E-state index contributed by atoms with van der Waals surface area (Å²) in [6.07, 6.45) is 1.79. The van der Waals surface area contributed by atoms with Gasteiger partial charge in [0.05, 0.1) is 10.7 Å². The number of hydrogen-bond donors (Lipinski definition) is 0. The topological polar surface area (TPSA) is 52.8 Å². The molecule has 2 aromatic heterocycles. The third kappa shape index (κ3) is 4.03. The van der Waals surface area contributed by atoms with Crippen molar-refractivity contribution in [1.82, 2.24) is 19.7 Å². The van der Waals surface area contributed by atoms with E-state index in [1.165, 1.54) is 0 Å². The molecule has 0 bridgehead atoms. The highest BCUT2D eigenvalue weighted by Crippen LogP contribution is 2.25. The van der Waals surface area contributed by atoms with E-state index in [-0.39, 0.29) is 0 Å². The van der Waals surface area contributed by atoms with E-state index < -0.39 is 0 Å². The zero-order valence-corrected chi connectivity index (χ0v) is 14.1. The Kier molecular flexibility index (Phi) is 5.15. The smallest absolute Gasteiger partial charge is 0.191 e. The second kappa shape index (κ2) is 7.48. The van der Waals surface area contributed by atoms with Crippen molar-refractivity contribution in [1.29, 1.82) is 0 Å². The Labute approximate surface area is 143 Å². The molecule has 0 aliphatic rings. The SMILES string of the molecule is Cn1c(COc2ccccc2Cl)nnc1SCc1ccccn1. The molecule has 0 saturated heterocycles. The Morgan fingerprint density at radius 3 is 2.74 bits per heavy atom. The van der Waals surface area contributed by atoms with E-state index in [0.29, 0.717) is 17.4 Å². The van der Waals surface area contributed by atoms with Crippen LogP contribution in [0.15, 0.2) is 53.8 Å². The van der Waals surface area contributed by atoms with Crippen molar-refractivity contribution in [3.05, 3.63) is 65.2 Å². The number of nitrogens with zero attached hydrogens (tertiary/aromatic N) is 4. The Balaban J connectivity index is 1.62. The first-order valence-corrected chi connectivity index (χ1v) is 8.38. The van der Waals surface area contributed by atoms with Crippen LogP contribution in [0.2, 0.25) is 5.02 Å². The normalized spacial score (nSPS) is 10.7. The molecule has 1 aromatic carbocycles. The highest BCUT2D eigenvalue weighted by molar-refractivity contribution is 7.98. The average molecular weight is 347 g/mol. The predicted molar refractivity (Wildman–Crippen MR) is 90.6 cm³/mol. The van der Waals surface area contributed by atoms with Gasteiger partial charge in [0, 0.05) is 19.0 Å². The fourth-order valence-corrected chi connectivity index (χ4v) is 2.96. The molecule has 3 rings (SSSR count). The van der Waals surface area contributed by atoms with Crippen molar-refractivity contribution >= 4 is 23.4 Å². The van der Waals surface area contributed by atoms with Crippen LogP contribution in [-0.2, 0) is 19.4 Å². The minimum Gasteiger partial charge on any atom is -0.484 e. The van der Waals surface area contributed by atoms with E-state index in [9.17, 15) is 0 Å². The number of benzene rings is 1. The summed E-state index contributed by atoms with van der Waals surface area (Å²) in [6, 6.07) is 13.2. The molecular formula is C16H15ClN4OS. The third-order valence-corrected chi connectivity index (χ3v) is 4.56. The Morgan fingerprint density at radius 1 is 1.13 bits per heavy atom. The van der Waals surface area contributed by atoms with Gasteiger partial charge in [0.2, 0.25) is 0 Å². The molecule has 0 aliphatic carbocycles. The molecule has 0 amide bonds. The zero-order chi connectivity index (χ0) is 16.1. The van der Waals surface area contributed by atoms with Crippen LogP contribution in [0.25, 0.3) is 0 Å². The molecule has 5 nitrogen and oxygen atoms in total. The molecular weight excluding hydrogens is 332 g/mol. The molecule has 118 valence electrons. The highest BCUT2D eigenvalue weighted by atomic mass is 35.5. The maximum Gasteiger partial charge on any atom is 0.191 e. The number of aromatic nitrogens is 4. The van der Waals surface area contributed by atoms with E-state index in [0.717, 1.165) is 22.4 Å². The number of rotatable bonds is 6. The lowest BCUT2D eigenvalue weighted by Crippen LogP contribution is -2.04. The molecule has 0 saturated carbocycles. The number of hydrogen-bond acceptors (Lipinski definition) is 5. The average Bonchev–Trinajstić information content (AvgIpc) is 2.93. The fraction of sp³-hybridized carbons (Fsp3) is 0.188. The number of ether oxygens (including phenoxy) is 1. The van der Waals surface area contributed by atoms with Gasteiger partial charge in [-0.2, -0.15) is 0 Å². The van der Waals surface area contributed by atoms with Crippen molar-refractivity contribution in [3.63, 3.8) is 0 Å². The summed E-state index contributed by atoms with van der Waals surface area (Å²) in [5, 5.41) is 9.79. The molecule has 7 heteroatoms. The second-order valence-corrected chi connectivity index (χ2v) is 6.14. The Morgan fingerprint density at radius 2 is 1.96 bits per heavy atom. The summed E-state index contributed by atoms with van der Waals surface area (Å²) in [4.78, 5) is 4.30. The lowest BCUT2D eigenvalue weighted by atomic mass is 10.3. The van der Waals surface area contributed by atoms with Gasteiger partial charge in [0.1, 0.15) is 12.4 Å². The molecule has 0 fully saturated rings. The van der Waals surface area contributed by atoms with Crippen molar-refractivity contribution in [2.45, 2.75) is 17.5 Å². The van der Waals surface area contributed by atoms with Crippen LogP contribution in [0.3, 0.4) is 0 Å². The van der Waals surface area contributed by atoms with Crippen LogP contribution in [0, 0.1) is 0 Å². The molecule has 0 unspecified atom stereocenters. The van der Waals surface area contributed by atoms with Gasteiger partial charge in [-0.3, -0.25) is 4.98 Å². The Bertz CT molecular complexity index is 779. The largest absolute Gasteiger partial charge is 0.484 e. The Hall–Kier alpha value is -2.05. The first-order chi connectivity index (χ1) is 11.2. The zero-order valence-electron chi connectivity index (χ0n) is 12.5. The van der Waals surface area contributed by atoms with Gasteiger partial charge in [-0.05, 0) is 24.3 Å². The second-order valence-electron chi connectivity index (χ2n) is 4.79. The maximum atomic E-state index is 6.07. The van der Waals surface area contributed by atoms with E-state index in [2.05, 4.69) is 15.2 Å². The summed E-state index contributed by atoms with van der Waals surface area (Å²) in [5.74, 6) is 2.13. The summed E-state index contributed by atoms with van der Waals surface area (Å²) in [6.45, 7) is 0.317. The third-order valence-electron chi connectivity index (χ3n) is 3.19. The van der Waals surface area contributed by atoms with E-state index in [1.807, 2.05) is 48.0 Å². The molecule has 2 heterocycles. The summed E-state index contributed by atoms with van der Waals surface area (Å²) in [5.41, 5.74) is 1.01. The first kappa shape index (κ1) is 15.8. The minimum absolute atomic E-state index is 0.317. The van der Waals surface area contributed by atoms with Crippen molar-refractivity contribution < 1.29 is 4.74 Å². The van der Waals surface area contributed by atoms with E-state index in [4.69, 9.17) is 16.3 Å². The standard InChI is InChI=1S/C16H15ClN4OS/c1-21-15(10-22-14-8-3-2-7-13(14)17)19-20-16(21)23-11-12-6-4-5-9-18-12/h2-9H,10-11H2,1H3. The van der Waals surface area contributed by atoms with Gasteiger partial charge >= 0.3 is 0 Å². The maximum absolute atomic E-state index is 6.07. The predicted octanol–water partition coefficient (Wildman–Crippen LogP) is 3.73. The van der Waals surface area contributed by atoms with E-state index in [1.54, 1.807) is 24.0 Å². The molecule has 0 atom stereocenters. The molecule has 0 radical (unpaired) electrons. The monoisotopic (exact) mass is 346 g/mol. The summed E-state index contributed by atoms with van der Waals surface area (Å²) in [7, 11) is 1.92. The van der Waals surface area contributed by atoms with Crippen LogP contribution < -0.4 is 4.74 Å². The van der Waals surface area contributed by atoms with Gasteiger partial charge in [0.25, 0.3) is 0 Å². The summed E-state index contributed by atoms with van der Waals surface area (Å²) >= 11 is 7.67. The molecule has 0 N–H and O–H groups in total. The van der Waals surface area contributed by atoms with Gasteiger partial charge < -0.3 is 9.30 Å². The molecule has 3 aromatic rings. The number of halogens is 1.